The molecule has 150 valence electrons. The first-order valence-electron chi connectivity index (χ1n) is 9.08. The Hall–Kier alpha value is -2.84. The zero-order valence-corrected chi connectivity index (χ0v) is 17.4. The number of hydrogen-bond acceptors (Lipinski definition) is 5. The lowest BCUT2D eigenvalue weighted by Gasteiger charge is -2.27. The number of para-hydroxylation sites is 2. The summed E-state index contributed by atoms with van der Waals surface area (Å²) in [6.07, 6.45) is 0.825. The summed E-state index contributed by atoms with van der Waals surface area (Å²) in [7, 11) is -2.40. The number of carbonyl (C=O) groups excluding carboxylic acids is 1. The van der Waals surface area contributed by atoms with Crippen molar-refractivity contribution in [2.75, 3.05) is 18.4 Å². The highest BCUT2D eigenvalue weighted by Gasteiger charge is 2.24. The fourth-order valence-electron chi connectivity index (χ4n) is 3.33. The molecule has 29 heavy (non-hydrogen) atoms. The predicted octanol–water partition coefficient (Wildman–Crippen LogP) is 3.76. The number of nitrogens with one attached hydrogen (secondary N) is 1. The number of carbonyl (C=O) groups is 1. The average molecular weight is 429 g/mol. The van der Waals surface area contributed by atoms with Crippen LogP contribution >= 0.6 is 11.3 Å². The Morgan fingerprint density at radius 2 is 1.97 bits per heavy atom. The van der Waals surface area contributed by atoms with E-state index in [4.69, 9.17) is 4.74 Å². The van der Waals surface area contributed by atoms with E-state index in [1.165, 1.54) is 24.1 Å². The number of sulfonamides is 1. The second-order valence-corrected chi connectivity index (χ2v) is 9.36. The predicted molar refractivity (Wildman–Crippen MR) is 113 cm³/mol. The van der Waals surface area contributed by atoms with E-state index in [-0.39, 0.29) is 10.8 Å². The molecule has 0 spiro atoms. The van der Waals surface area contributed by atoms with E-state index in [1.807, 2.05) is 11.4 Å². The van der Waals surface area contributed by atoms with Crippen molar-refractivity contribution in [1.82, 2.24) is 4.90 Å². The lowest BCUT2D eigenvalue weighted by atomic mass is 10.1. The van der Waals surface area contributed by atoms with Crippen molar-refractivity contribution in [3.8, 4) is 5.75 Å². The molecule has 0 fully saturated rings. The second kappa shape index (κ2) is 7.88. The Morgan fingerprint density at radius 3 is 2.79 bits per heavy atom. The maximum absolute atomic E-state index is 13.0. The third-order valence-electron chi connectivity index (χ3n) is 4.84. The monoisotopic (exact) mass is 428 g/mol. The molecule has 0 atom stereocenters. The number of anilines is 1. The van der Waals surface area contributed by atoms with Gasteiger partial charge in [0.25, 0.3) is 15.9 Å². The van der Waals surface area contributed by atoms with Crippen molar-refractivity contribution in [3.05, 3.63) is 76.0 Å². The van der Waals surface area contributed by atoms with Crippen LogP contribution in [0.15, 0.2) is 64.9 Å². The maximum atomic E-state index is 13.0. The Labute approximate surface area is 173 Å². The molecular weight excluding hydrogens is 408 g/mol. The summed E-state index contributed by atoms with van der Waals surface area (Å²) >= 11 is 1.71. The lowest BCUT2D eigenvalue weighted by Crippen LogP contribution is -2.35. The molecule has 2 heterocycles. The Morgan fingerprint density at radius 1 is 1.14 bits per heavy atom. The van der Waals surface area contributed by atoms with Gasteiger partial charge in [0.2, 0.25) is 0 Å². The molecule has 0 aliphatic carbocycles. The first kappa shape index (κ1) is 19.5. The summed E-state index contributed by atoms with van der Waals surface area (Å²) < 4.78 is 33.5. The first-order valence-corrected chi connectivity index (χ1v) is 11.4. The number of amides is 1. The van der Waals surface area contributed by atoms with E-state index in [1.54, 1.807) is 52.6 Å². The molecule has 6 nitrogen and oxygen atoms in total. The van der Waals surface area contributed by atoms with Gasteiger partial charge in [-0.3, -0.25) is 9.52 Å². The van der Waals surface area contributed by atoms with Gasteiger partial charge in [0, 0.05) is 23.5 Å². The van der Waals surface area contributed by atoms with Gasteiger partial charge in [-0.2, -0.15) is 0 Å². The second-order valence-electron chi connectivity index (χ2n) is 6.68. The summed E-state index contributed by atoms with van der Waals surface area (Å²) in [6, 6.07) is 14.9. The van der Waals surface area contributed by atoms with Crippen molar-refractivity contribution in [1.29, 1.82) is 0 Å². The van der Waals surface area contributed by atoms with E-state index in [9.17, 15) is 13.2 Å². The summed E-state index contributed by atoms with van der Waals surface area (Å²) in [5, 5.41) is 2.04. The van der Waals surface area contributed by atoms with E-state index < -0.39 is 10.0 Å². The minimum atomic E-state index is -3.87. The van der Waals surface area contributed by atoms with E-state index in [0.29, 0.717) is 30.1 Å². The normalized spacial score (nSPS) is 13.6. The maximum Gasteiger partial charge on any atom is 0.262 e. The molecule has 1 N–H and O–H groups in total. The van der Waals surface area contributed by atoms with Crippen LogP contribution in [-0.4, -0.2) is 32.9 Å². The summed E-state index contributed by atoms with van der Waals surface area (Å²) in [6.45, 7) is 1.18. The molecule has 3 aromatic rings. The van der Waals surface area contributed by atoms with Crippen LogP contribution in [0.3, 0.4) is 0 Å². The lowest BCUT2D eigenvalue weighted by molar-refractivity contribution is 0.0735. The Kier molecular flexibility index (Phi) is 5.29. The zero-order valence-electron chi connectivity index (χ0n) is 15.8. The fraction of sp³-hybridized carbons (Fsp3) is 0.190. The Balaban J connectivity index is 1.57. The molecule has 0 saturated carbocycles. The summed E-state index contributed by atoms with van der Waals surface area (Å²) in [4.78, 5) is 16.1. The van der Waals surface area contributed by atoms with Crippen molar-refractivity contribution in [3.63, 3.8) is 0 Å². The van der Waals surface area contributed by atoms with Crippen molar-refractivity contribution in [2.24, 2.45) is 0 Å². The van der Waals surface area contributed by atoms with Crippen molar-refractivity contribution < 1.29 is 17.9 Å². The van der Waals surface area contributed by atoms with Gasteiger partial charge in [-0.15, -0.1) is 11.3 Å². The van der Waals surface area contributed by atoms with Gasteiger partial charge >= 0.3 is 0 Å². The fourth-order valence-corrected chi connectivity index (χ4v) is 5.34. The highest BCUT2D eigenvalue weighted by Crippen LogP contribution is 2.28. The van der Waals surface area contributed by atoms with Crippen LogP contribution in [0, 0.1) is 0 Å². The molecule has 4 rings (SSSR count). The van der Waals surface area contributed by atoms with Gasteiger partial charge in [-0.05, 0) is 53.8 Å². The number of ether oxygens (including phenoxy) is 1. The number of benzene rings is 2. The standard InChI is InChI=1S/C21H20N2O4S2/c1-27-19-8-3-2-7-18(19)22-29(25,26)17-6-4-5-15(13-17)21(24)23-11-9-20-16(14-23)10-12-28-20/h2-8,10,12-13,22H,9,11,14H2,1H3. The molecule has 1 aliphatic rings. The minimum absolute atomic E-state index is 0.0301. The number of thiophene rings is 1. The summed E-state index contributed by atoms with van der Waals surface area (Å²) in [5.74, 6) is 0.249. The zero-order chi connectivity index (χ0) is 20.4. The number of nitrogens with zero attached hydrogens (tertiary/aromatic N) is 1. The smallest absolute Gasteiger partial charge is 0.262 e. The van der Waals surface area contributed by atoms with Crippen molar-refractivity contribution >= 4 is 33.0 Å². The molecule has 0 saturated heterocycles. The average Bonchev–Trinajstić information content (AvgIpc) is 3.21. The van der Waals surface area contributed by atoms with Gasteiger partial charge in [0.05, 0.1) is 17.7 Å². The first-order chi connectivity index (χ1) is 14.0. The van der Waals surface area contributed by atoms with Gasteiger partial charge in [-0.25, -0.2) is 8.42 Å². The number of hydrogen-bond donors (Lipinski definition) is 1. The van der Waals surface area contributed by atoms with Gasteiger partial charge in [-0.1, -0.05) is 18.2 Å². The van der Waals surface area contributed by atoms with Crippen LogP contribution in [0.5, 0.6) is 5.75 Å². The van der Waals surface area contributed by atoms with Gasteiger partial charge in [0.15, 0.2) is 0 Å². The van der Waals surface area contributed by atoms with Crippen LogP contribution in [-0.2, 0) is 23.0 Å². The van der Waals surface area contributed by atoms with E-state index in [0.717, 1.165) is 12.0 Å². The van der Waals surface area contributed by atoms with Gasteiger partial charge in [0.1, 0.15) is 5.75 Å². The molecule has 0 radical (unpaired) electrons. The molecule has 0 unspecified atom stereocenters. The van der Waals surface area contributed by atoms with Crippen LogP contribution in [0.25, 0.3) is 0 Å². The van der Waals surface area contributed by atoms with Crippen LogP contribution < -0.4 is 9.46 Å². The molecule has 1 aliphatic heterocycles. The molecule has 1 aromatic heterocycles. The quantitative estimate of drug-likeness (QED) is 0.671. The van der Waals surface area contributed by atoms with Crippen LogP contribution in [0.2, 0.25) is 0 Å². The number of rotatable bonds is 5. The molecule has 2 aromatic carbocycles. The molecule has 1 amide bonds. The van der Waals surface area contributed by atoms with Gasteiger partial charge < -0.3 is 9.64 Å². The van der Waals surface area contributed by atoms with Crippen LogP contribution in [0.4, 0.5) is 5.69 Å². The topological polar surface area (TPSA) is 75.7 Å². The van der Waals surface area contributed by atoms with Crippen molar-refractivity contribution in [2.45, 2.75) is 17.9 Å². The van der Waals surface area contributed by atoms with E-state index >= 15 is 0 Å². The minimum Gasteiger partial charge on any atom is -0.495 e. The number of fused-ring (bicyclic) bond motifs is 1. The van der Waals surface area contributed by atoms with Crippen LogP contribution in [0.1, 0.15) is 20.8 Å². The van der Waals surface area contributed by atoms with E-state index in [2.05, 4.69) is 4.72 Å². The highest BCUT2D eigenvalue weighted by molar-refractivity contribution is 7.92. The SMILES string of the molecule is COc1ccccc1NS(=O)(=O)c1cccc(C(=O)N2CCc3sccc3C2)c1. The Bertz CT molecular complexity index is 1150. The third-order valence-corrected chi connectivity index (χ3v) is 7.22. The highest BCUT2D eigenvalue weighted by atomic mass is 32.2. The molecule has 0 bridgehead atoms. The third kappa shape index (κ3) is 3.99. The number of methoxy groups -OCH3 is 1. The molecular formula is C21H20N2O4S2. The summed E-state index contributed by atoms with van der Waals surface area (Å²) in [5.41, 5.74) is 1.86. The molecule has 8 heteroatoms. The largest absolute Gasteiger partial charge is 0.495 e.